The van der Waals surface area contributed by atoms with Crippen LogP contribution in [0.2, 0.25) is 0 Å². The summed E-state index contributed by atoms with van der Waals surface area (Å²) in [4.78, 5) is 10.8. The van der Waals surface area contributed by atoms with E-state index < -0.39 is 37.5 Å². The molecule has 0 spiro atoms. The van der Waals surface area contributed by atoms with Crippen molar-refractivity contribution in [3.05, 3.63) is 0 Å². The van der Waals surface area contributed by atoms with Gasteiger partial charge in [-0.2, -0.15) is 24.3 Å². The van der Waals surface area contributed by atoms with Gasteiger partial charge < -0.3 is 0 Å². The first kappa shape index (κ1) is 14.1. The fourth-order valence-electron chi connectivity index (χ4n) is 0.481. The van der Waals surface area contributed by atoms with E-state index in [1.54, 1.807) is 0 Å². The molecule has 7 nitrogen and oxygen atoms in total. The van der Waals surface area contributed by atoms with E-state index in [9.17, 15) is 21.6 Å². The highest BCUT2D eigenvalue weighted by atomic mass is 35.5. The standard InChI is InChI=1S/C3H4Cl2O7S2/c4-11-13(7,8)1-3(6)2-14(9,10)12-5/h1-2H2. The van der Waals surface area contributed by atoms with E-state index in [-0.39, 0.29) is 0 Å². The maximum Gasteiger partial charge on any atom is 0.290 e. The molecule has 0 heterocycles. The van der Waals surface area contributed by atoms with Gasteiger partial charge in [-0.25, -0.2) is 0 Å². The molecule has 0 rings (SSSR count). The lowest BCUT2D eigenvalue weighted by atomic mass is 10.5. The fraction of sp³-hybridized carbons (Fsp3) is 0.667. The zero-order valence-electron chi connectivity index (χ0n) is 6.34. The van der Waals surface area contributed by atoms with Crippen LogP contribution in [-0.2, 0) is 32.5 Å². The lowest BCUT2D eigenvalue weighted by Gasteiger charge is -1.98. The first-order valence-corrected chi connectivity index (χ1v) is 6.57. The van der Waals surface area contributed by atoms with Crippen LogP contribution in [0.5, 0.6) is 0 Å². The second-order valence-corrected chi connectivity index (χ2v) is 5.88. The molecule has 0 aliphatic carbocycles. The number of Topliss-reactive ketones (excluding diaryl/α,β-unsaturated/α-hetero) is 1. The van der Waals surface area contributed by atoms with Gasteiger partial charge in [0.15, 0.2) is 5.78 Å². The molecular formula is C3H4Cl2O7S2. The van der Waals surface area contributed by atoms with Crippen LogP contribution in [0.4, 0.5) is 0 Å². The number of hydrogen-bond acceptors (Lipinski definition) is 7. The third-order valence-electron chi connectivity index (χ3n) is 0.867. The van der Waals surface area contributed by atoms with Crippen LogP contribution < -0.4 is 0 Å². The summed E-state index contributed by atoms with van der Waals surface area (Å²) >= 11 is 8.99. The van der Waals surface area contributed by atoms with Crippen LogP contribution >= 0.6 is 23.7 Å². The molecule has 0 radical (unpaired) electrons. The Bertz CT molecular complexity index is 357. The zero-order valence-corrected chi connectivity index (χ0v) is 9.49. The molecule has 0 aliphatic heterocycles. The van der Waals surface area contributed by atoms with E-state index in [0.717, 1.165) is 0 Å². The highest BCUT2D eigenvalue weighted by molar-refractivity contribution is 7.89. The quantitative estimate of drug-likeness (QED) is 0.652. The second kappa shape index (κ2) is 5.24. The van der Waals surface area contributed by atoms with Gasteiger partial charge in [-0.15, -0.1) is 0 Å². The van der Waals surface area contributed by atoms with Gasteiger partial charge in [0.2, 0.25) is 0 Å². The van der Waals surface area contributed by atoms with Gasteiger partial charge in [0.25, 0.3) is 20.2 Å². The molecule has 0 N–H and O–H groups in total. The molecular weight excluding hydrogens is 283 g/mol. The smallest absolute Gasteiger partial charge is 0.290 e. The Kier molecular flexibility index (Phi) is 5.26. The lowest BCUT2D eigenvalue weighted by Crippen LogP contribution is -2.23. The minimum absolute atomic E-state index is 1.17. The van der Waals surface area contributed by atoms with Gasteiger partial charge in [-0.05, 0) is 0 Å². The molecule has 0 bridgehead atoms. The summed E-state index contributed by atoms with van der Waals surface area (Å²) < 4.78 is 49.0. The Morgan fingerprint density at radius 2 is 1.21 bits per heavy atom. The lowest BCUT2D eigenvalue weighted by molar-refractivity contribution is -0.114. The molecule has 0 atom stereocenters. The number of carbonyl (C=O) groups excluding carboxylic acids is 1. The van der Waals surface area contributed by atoms with Crippen LogP contribution in [0.3, 0.4) is 0 Å². The van der Waals surface area contributed by atoms with Crippen molar-refractivity contribution in [1.82, 2.24) is 0 Å². The van der Waals surface area contributed by atoms with E-state index in [2.05, 4.69) is 31.2 Å². The number of rotatable bonds is 6. The Labute approximate surface area is 90.5 Å². The average molecular weight is 287 g/mol. The van der Waals surface area contributed by atoms with Crippen LogP contribution in [0, 0.1) is 0 Å². The molecule has 84 valence electrons. The molecule has 0 aromatic heterocycles. The fourth-order valence-corrected chi connectivity index (χ4v) is 1.96. The molecule has 0 aromatic rings. The first-order valence-electron chi connectivity index (χ1n) is 2.80. The number of halogens is 2. The highest BCUT2D eigenvalue weighted by Crippen LogP contribution is 2.01. The average Bonchev–Trinajstić information content (AvgIpc) is 2.02. The van der Waals surface area contributed by atoms with Crippen molar-refractivity contribution >= 4 is 49.8 Å². The van der Waals surface area contributed by atoms with Crippen LogP contribution in [0.1, 0.15) is 0 Å². The summed E-state index contributed by atoms with van der Waals surface area (Å²) in [7, 11) is -8.49. The van der Waals surface area contributed by atoms with Gasteiger partial charge >= 0.3 is 0 Å². The van der Waals surface area contributed by atoms with E-state index in [0.29, 0.717) is 0 Å². The van der Waals surface area contributed by atoms with Crippen LogP contribution in [-0.4, -0.2) is 34.1 Å². The largest absolute Gasteiger partial charge is 0.297 e. The zero-order chi connectivity index (χ0) is 11.4. The molecule has 0 fully saturated rings. The van der Waals surface area contributed by atoms with Crippen LogP contribution in [0.25, 0.3) is 0 Å². The maximum atomic E-state index is 10.8. The summed E-state index contributed by atoms with van der Waals surface area (Å²) in [5, 5.41) is 0. The monoisotopic (exact) mass is 286 g/mol. The van der Waals surface area contributed by atoms with Gasteiger partial charge in [-0.1, -0.05) is 0 Å². The molecule has 11 heteroatoms. The Balaban J connectivity index is 4.42. The van der Waals surface area contributed by atoms with E-state index in [1.807, 2.05) is 0 Å². The van der Waals surface area contributed by atoms with Crippen molar-refractivity contribution in [2.75, 3.05) is 11.5 Å². The number of ketones is 1. The van der Waals surface area contributed by atoms with Gasteiger partial charge in [0, 0.05) is 0 Å². The first-order chi connectivity index (χ1) is 6.22. The number of hydrogen-bond donors (Lipinski definition) is 0. The predicted molar refractivity (Wildman–Crippen MR) is 46.5 cm³/mol. The summed E-state index contributed by atoms with van der Waals surface area (Å²) in [5.41, 5.74) is 0. The molecule has 0 unspecified atom stereocenters. The summed E-state index contributed by atoms with van der Waals surface area (Å²) in [6, 6.07) is 0. The third kappa shape index (κ3) is 5.73. The second-order valence-electron chi connectivity index (χ2n) is 2.07. The van der Waals surface area contributed by atoms with Crippen LogP contribution in [0.15, 0.2) is 0 Å². The van der Waals surface area contributed by atoms with Gasteiger partial charge in [0.05, 0.1) is 23.7 Å². The van der Waals surface area contributed by atoms with E-state index >= 15 is 0 Å². The highest BCUT2D eigenvalue weighted by Gasteiger charge is 2.23. The molecule has 14 heavy (non-hydrogen) atoms. The Morgan fingerprint density at radius 3 is 1.43 bits per heavy atom. The predicted octanol–water partition coefficient (Wildman–Crippen LogP) is -0.444. The Hall–Kier alpha value is 0.0700. The van der Waals surface area contributed by atoms with E-state index in [1.165, 1.54) is 0 Å². The van der Waals surface area contributed by atoms with Gasteiger partial charge in [-0.3, -0.25) is 4.79 Å². The van der Waals surface area contributed by atoms with Crippen molar-refractivity contribution < 1.29 is 29.1 Å². The summed E-state index contributed by atoms with van der Waals surface area (Å²) in [6.07, 6.45) is 0. The molecule has 0 amide bonds. The third-order valence-corrected chi connectivity index (χ3v) is 3.75. The summed E-state index contributed by atoms with van der Waals surface area (Å²) in [6.45, 7) is 0. The summed E-state index contributed by atoms with van der Waals surface area (Å²) in [5.74, 6) is -3.52. The van der Waals surface area contributed by atoms with E-state index in [4.69, 9.17) is 0 Å². The van der Waals surface area contributed by atoms with Gasteiger partial charge in [0.1, 0.15) is 11.5 Å². The molecule has 0 aromatic carbocycles. The minimum Gasteiger partial charge on any atom is -0.297 e. The molecule has 0 aliphatic rings. The minimum atomic E-state index is -4.25. The van der Waals surface area contributed by atoms with Crippen molar-refractivity contribution in [3.63, 3.8) is 0 Å². The van der Waals surface area contributed by atoms with Crippen molar-refractivity contribution in [1.29, 1.82) is 0 Å². The Morgan fingerprint density at radius 1 is 0.929 bits per heavy atom. The van der Waals surface area contributed by atoms with Crippen molar-refractivity contribution in [2.24, 2.45) is 0 Å². The number of carbonyl (C=O) groups is 1. The topological polar surface area (TPSA) is 104 Å². The van der Waals surface area contributed by atoms with Crippen molar-refractivity contribution in [2.45, 2.75) is 0 Å². The maximum absolute atomic E-state index is 10.8. The molecule has 0 saturated heterocycles. The molecule has 0 saturated carbocycles. The normalized spacial score (nSPS) is 12.7. The SMILES string of the molecule is O=C(CS(=O)(=O)OCl)CS(=O)(=O)OCl. The van der Waals surface area contributed by atoms with Crippen molar-refractivity contribution in [3.8, 4) is 0 Å².